The van der Waals surface area contributed by atoms with Gasteiger partial charge in [0.05, 0.1) is 39.9 Å². The number of nitrogens with zero attached hydrogens (tertiary/aromatic N) is 2. The summed E-state index contributed by atoms with van der Waals surface area (Å²) in [4.78, 5) is 18.7. The number of benzene rings is 5. The van der Waals surface area contributed by atoms with Crippen LogP contribution < -0.4 is 19.3 Å². The topological polar surface area (TPSA) is 51.2 Å². The first-order valence-electron chi connectivity index (χ1n) is 17.5. The molecule has 0 amide bonds. The van der Waals surface area contributed by atoms with E-state index in [1.165, 1.54) is 22.5 Å². The predicted octanol–water partition coefficient (Wildman–Crippen LogP) is 10.9. The van der Waals surface area contributed by atoms with Crippen molar-refractivity contribution in [1.29, 1.82) is 0 Å². The second-order valence-corrected chi connectivity index (χ2v) is 15.3. The van der Waals surface area contributed by atoms with Gasteiger partial charge in [-0.25, -0.2) is 4.79 Å². The minimum Gasteiger partial charge on any atom is -0.497 e. The third kappa shape index (κ3) is 6.19. The van der Waals surface area contributed by atoms with Crippen LogP contribution in [0.1, 0.15) is 49.3 Å². The van der Waals surface area contributed by atoms with Crippen LogP contribution >= 0.6 is 46.4 Å². The standard InChI is InChI=1S/C44H36Cl4N2O4/c1-49-19-17-29-21-27(9-15-35(29)49)33(25-5-11-31(52-3)12-6-25)23-44(38-37(43(51)54-44)39(45)41(47)42(48)40(38)46)24-34(26-7-13-32(53-4)14-8-26)28-10-16-36-30(22-28)18-20-50(36)2/h5-16,21-24H,17-20H2,1-4H3/b33-23+,34-24+. The fourth-order valence-corrected chi connectivity index (χ4v) is 8.87. The lowest BCUT2D eigenvalue weighted by Crippen LogP contribution is -2.23. The van der Waals surface area contributed by atoms with Crippen molar-refractivity contribution in [3.05, 3.63) is 162 Å². The molecule has 0 spiro atoms. The summed E-state index contributed by atoms with van der Waals surface area (Å²) < 4.78 is 17.7. The number of cyclic esters (lactones) is 1. The first-order chi connectivity index (χ1) is 26.0. The third-order valence-electron chi connectivity index (χ3n) is 10.7. The van der Waals surface area contributed by atoms with Crippen molar-refractivity contribution in [3.63, 3.8) is 0 Å². The Labute approximate surface area is 335 Å². The number of carbonyl (C=O) groups excluding carboxylic acids is 1. The SMILES string of the molecule is COc1ccc(/C(=C\C2(/C=C(\c3ccc(OC)cc3)c3ccc4c(c3)CCN4C)OC(=O)c3c(Cl)c(Cl)c(Cl)c(Cl)c32)c2ccc3c(c2)CCN3C)cc1. The van der Waals surface area contributed by atoms with Gasteiger partial charge in [0.25, 0.3) is 0 Å². The molecule has 0 N–H and O–H groups in total. The Hall–Kier alpha value is -4.59. The fraction of sp³-hybridized carbons (Fsp3) is 0.205. The molecule has 5 aromatic rings. The minimum absolute atomic E-state index is 0.0148. The van der Waals surface area contributed by atoms with Crippen LogP contribution in [-0.2, 0) is 23.2 Å². The van der Waals surface area contributed by atoms with Crippen molar-refractivity contribution >= 4 is 74.9 Å². The summed E-state index contributed by atoms with van der Waals surface area (Å²) in [7, 11) is 7.46. The number of hydrogen-bond donors (Lipinski definition) is 0. The van der Waals surface area contributed by atoms with Crippen LogP contribution in [0.5, 0.6) is 11.5 Å². The molecule has 0 atom stereocenters. The highest BCUT2D eigenvalue weighted by Gasteiger charge is 2.48. The Morgan fingerprint density at radius 2 is 1.06 bits per heavy atom. The van der Waals surface area contributed by atoms with E-state index in [1.54, 1.807) is 14.2 Å². The zero-order chi connectivity index (χ0) is 37.9. The largest absolute Gasteiger partial charge is 0.497 e. The van der Waals surface area contributed by atoms with Crippen molar-refractivity contribution in [3.8, 4) is 11.5 Å². The van der Waals surface area contributed by atoms with Gasteiger partial charge in [-0.15, -0.1) is 0 Å². The summed E-state index contributed by atoms with van der Waals surface area (Å²) in [6.45, 7) is 1.85. The van der Waals surface area contributed by atoms with E-state index in [-0.39, 0.29) is 25.7 Å². The summed E-state index contributed by atoms with van der Waals surface area (Å²) in [5, 5.41) is 0.0744. The van der Waals surface area contributed by atoms with Crippen LogP contribution in [0.15, 0.2) is 97.1 Å². The van der Waals surface area contributed by atoms with Gasteiger partial charge in [0.15, 0.2) is 5.60 Å². The number of anilines is 2. The molecule has 6 nitrogen and oxygen atoms in total. The van der Waals surface area contributed by atoms with Gasteiger partial charge in [0.1, 0.15) is 11.5 Å². The molecule has 10 heteroatoms. The lowest BCUT2D eigenvalue weighted by Gasteiger charge is -2.27. The van der Waals surface area contributed by atoms with Crippen LogP contribution in [0.3, 0.4) is 0 Å². The highest BCUT2D eigenvalue weighted by molar-refractivity contribution is 6.53. The smallest absolute Gasteiger partial charge is 0.341 e. The summed E-state index contributed by atoms with van der Waals surface area (Å²) in [5.74, 6) is 0.750. The van der Waals surface area contributed by atoms with Crippen molar-refractivity contribution in [2.24, 2.45) is 0 Å². The molecule has 274 valence electrons. The average molecular weight is 799 g/mol. The molecular formula is C44H36Cl4N2O4. The zero-order valence-corrected chi connectivity index (χ0v) is 33.1. The van der Waals surface area contributed by atoms with Gasteiger partial charge < -0.3 is 24.0 Å². The molecule has 54 heavy (non-hydrogen) atoms. The number of rotatable bonds is 8. The maximum atomic E-state index is 14.2. The van der Waals surface area contributed by atoms with E-state index in [1.807, 2.05) is 60.7 Å². The quantitative estimate of drug-likeness (QED) is 0.0885. The van der Waals surface area contributed by atoms with Crippen molar-refractivity contribution in [2.45, 2.75) is 18.4 Å². The first-order valence-corrected chi connectivity index (χ1v) is 19.1. The third-order valence-corrected chi connectivity index (χ3v) is 12.5. The molecule has 0 saturated carbocycles. The summed E-state index contributed by atoms with van der Waals surface area (Å²) in [6, 6.07) is 28.5. The molecule has 0 fully saturated rings. The van der Waals surface area contributed by atoms with Gasteiger partial charge >= 0.3 is 5.97 Å². The molecular weight excluding hydrogens is 762 g/mol. The number of hydrogen-bond acceptors (Lipinski definition) is 6. The number of halogens is 4. The molecule has 3 aliphatic rings. The van der Waals surface area contributed by atoms with Crippen LogP contribution in [-0.4, -0.2) is 47.4 Å². The predicted molar refractivity (Wildman–Crippen MR) is 221 cm³/mol. The number of carbonyl (C=O) groups is 1. The Kier molecular flexibility index (Phi) is 9.60. The number of likely N-dealkylation sites (N-methyl/N-ethyl adjacent to an activating group) is 2. The second-order valence-electron chi connectivity index (χ2n) is 13.8. The molecule has 5 aromatic carbocycles. The fourth-order valence-electron chi connectivity index (χ4n) is 7.80. The summed E-state index contributed by atoms with van der Waals surface area (Å²) >= 11 is 27.4. The molecule has 0 aromatic heterocycles. The van der Waals surface area contributed by atoms with E-state index in [0.717, 1.165) is 59.3 Å². The lowest BCUT2D eigenvalue weighted by atomic mass is 9.82. The molecule has 0 unspecified atom stereocenters. The Morgan fingerprint density at radius 1 is 0.630 bits per heavy atom. The first kappa shape index (κ1) is 36.4. The monoisotopic (exact) mass is 796 g/mol. The van der Waals surface area contributed by atoms with Gasteiger partial charge in [0.2, 0.25) is 0 Å². The van der Waals surface area contributed by atoms with E-state index < -0.39 is 11.6 Å². The highest BCUT2D eigenvalue weighted by Crippen LogP contribution is 2.54. The van der Waals surface area contributed by atoms with Crippen LogP contribution in [0, 0.1) is 0 Å². The van der Waals surface area contributed by atoms with Crippen molar-refractivity contribution < 1.29 is 19.0 Å². The highest BCUT2D eigenvalue weighted by atomic mass is 35.5. The Balaban J connectivity index is 1.47. The van der Waals surface area contributed by atoms with E-state index in [9.17, 15) is 4.79 Å². The molecule has 0 saturated heterocycles. The molecule has 8 rings (SSSR count). The summed E-state index contributed by atoms with van der Waals surface area (Å²) in [6.07, 6.45) is 5.72. The lowest BCUT2D eigenvalue weighted by molar-refractivity contribution is 0.0300. The van der Waals surface area contributed by atoms with Gasteiger partial charge in [-0.05, 0) is 118 Å². The van der Waals surface area contributed by atoms with Gasteiger partial charge in [0, 0.05) is 44.1 Å². The molecule has 0 bridgehead atoms. The van der Waals surface area contributed by atoms with Crippen molar-refractivity contribution in [2.75, 3.05) is 51.2 Å². The van der Waals surface area contributed by atoms with Crippen LogP contribution in [0.2, 0.25) is 20.1 Å². The van der Waals surface area contributed by atoms with Gasteiger partial charge in [-0.1, -0.05) is 82.8 Å². The number of ether oxygens (including phenoxy) is 3. The van der Waals surface area contributed by atoms with E-state index in [2.05, 4.69) is 60.3 Å². The maximum Gasteiger partial charge on any atom is 0.341 e. The van der Waals surface area contributed by atoms with Gasteiger partial charge in [-0.2, -0.15) is 0 Å². The molecule has 0 radical (unpaired) electrons. The maximum absolute atomic E-state index is 14.2. The molecule has 3 heterocycles. The number of fused-ring (bicyclic) bond motifs is 3. The molecule has 3 aliphatic heterocycles. The minimum atomic E-state index is -1.61. The van der Waals surface area contributed by atoms with Crippen LogP contribution in [0.4, 0.5) is 11.4 Å². The van der Waals surface area contributed by atoms with E-state index >= 15 is 0 Å². The second kappa shape index (κ2) is 14.2. The van der Waals surface area contributed by atoms with Crippen molar-refractivity contribution in [1.82, 2.24) is 0 Å². The number of esters is 1. The Bertz CT molecular complexity index is 2270. The molecule has 0 aliphatic carbocycles. The van der Waals surface area contributed by atoms with E-state index in [4.69, 9.17) is 60.6 Å². The summed E-state index contributed by atoms with van der Waals surface area (Å²) in [5.41, 5.74) is 8.77. The van der Waals surface area contributed by atoms with Crippen LogP contribution in [0.25, 0.3) is 11.1 Å². The van der Waals surface area contributed by atoms with E-state index in [0.29, 0.717) is 17.1 Å². The normalized spacial score (nSPS) is 16.0. The zero-order valence-electron chi connectivity index (χ0n) is 30.1. The van der Waals surface area contributed by atoms with Gasteiger partial charge in [-0.3, -0.25) is 0 Å². The number of methoxy groups -OCH3 is 2. The average Bonchev–Trinajstić information content (AvgIpc) is 3.85. The Morgan fingerprint density at radius 3 is 1.50 bits per heavy atom.